The maximum Gasteiger partial charge on any atom is 0.240 e. The molecule has 0 radical (unpaired) electrons. The van der Waals surface area contributed by atoms with Crippen molar-refractivity contribution in [1.82, 2.24) is 14.8 Å². The summed E-state index contributed by atoms with van der Waals surface area (Å²) in [7, 11) is 1.95. The van der Waals surface area contributed by atoms with Crippen molar-refractivity contribution in [2.75, 3.05) is 11.4 Å². The third kappa shape index (κ3) is 4.75. The van der Waals surface area contributed by atoms with Crippen molar-refractivity contribution in [2.24, 2.45) is 7.05 Å². The van der Waals surface area contributed by atoms with Crippen molar-refractivity contribution in [3.05, 3.63) is 60.2 Å². The van der Waals surface area contributed by atoms with Crippen LogP contribution in [0.15, 0.2) is 59.8 Å². The molecule has 0 N–H and O–H groups in total. The van der Waals surface area contributed by atoms with E-state index in [1.807, 2.05) is 55.8 Å². The number of amides is 1. The van der Waals surface area contributed by atoms with Gasteiger partial charge in [0.05, 0.1) is 5.25 Å². The SMILES string of the molecule is CCN(C(=O)[C@@H](C)Sc1nnc(-c2ccc(C(C)(C)C)cc2)n1C)c1ccccc1. The molecule has 0 bridgehead atoms. The monoisotopic (exact) mass is 422 g/mol. The van der Waals surface area contributed by atoms with E-state index in [1.54, 1.807) is 4.90 Å². The van der Waals surface area contributed by atoms with Crippen molar-refractivity contribution in [3.63, 3.8) is 0 Å². The van der Waals surface area contributed by atoms with Crippen LogP contribution in [0.2, 0.25) is 0 Å². The molecule has 0 aliphatic rings. The number of para-hydroxylation sites is 1. The topological polar surface area (TPSA) is 51.0 Å². The number of carbonyl (C=O) groups excluding carboxylic acids is 1. The van der Waals surface area contributed by atoms with Gasteiger partial charge in [0.2, 0.25) is 5.91 Å². The van der Waals surface area contributed by atoms with E-state index in [0.29, 0.717) is 6.54 Å². The second-order valence-corrected chi connectivity index (χ2v) is 9.68. The highest BCUT2D eigenvalue weighted by molar-refractivity contribution is 8.00. The van der Waals surface area contributed by atoms with Gasteiger partial charge in [0.25, 0.3) is 0 Å². The molecule has 0 unspecified atom stereocenters. The molecule has 0 saturated heterocycles. The number of hydrogen-bond donors (Lipinski definition) is 0. The van der Waals surface area contributed by atoms with E-state index in [0.717, 1.165) is 22.2 Å². The van der Waals surface area contributed by atoms with Crippen molar-refractivity contribution < 1.29 is 4.79 Å². The summed E-state index contributed by atoms with van der Waals surface area (Å²) in [5.41, 5.74) is 3.32. The molecule has 5 nitrogen and oxygen atoms in total. The average Bonchev–Trinajstić information content (AvgIpc) is 3.09. The largest absolute Gasteiger partial charge is 0.312 e. The average molecular weight is 423 g/mol. The van der Waals surface area contributed by atoms with Gasteiger partial charge < -0.3 is 9.47 Å². The van der Waals surface area contributed by atoms with Crippen molar-refractivity contribution in [1.29, 1.82) is 0 Å². The van der Waals surface area contributed by atoms with Crippen LogP contribution in [0, 0.1) is 0 Å². The highest BCUT2D eigenvalue weighted by atomic mass is 32.2. The van der Waals surface area contributed by atoms with Gasteiger partial charge in [0.1, 0.15) is 0 Å². The van der Waals surface area contributed by atoms with Crippen LogP contribution in [-0.2, 0) is 17.3 Å². The molecular weight excluding hydrogens is 392 g/mol. The minimum Gasteiger partial charge on any atom is -0.312 e. The number of anilines is 1. The van der Waals surface area contributed by atoms with Crippen molar-refractivity contribution in [3.8, 4) is 11.4 Å². The van der Waals surface area contributed by atoms with Crippen molar-refractivity contribution in [2.45, 2.75) is 50.4 Å². The molecule has 1 atom stereocenters. The van der Waals surface area contributed by atoms with Crippen LogP contribution in [-0.4, -0.2) is 32.5 Å². The number of benzene rings is 2. The molecule has 3 rings (SSSR count). The Balaban J connectivity index is 1.76. The number of nitrogens with zero attached hydrogens (tertiary/aromatic N) is 4. The fraction of sp³-hybridized carbons (Fsp3) is 0.375. The number of carbonyl (C=O) groups is 1. The summed E-state index contributed by atoms with van der Waals surface area (Å²) >= 11 is 1.44. The van der Waals surface area contributed by atoms with Crippen LogP contribution in [0.1, 0.15) is 40.2 Å². The maximum absolute atomic E-state index is 13.0. The Labute approximate surface area is 183 Å². The Kier molecular flexibility index (Phi) is 6.66. The molecule has 0 aliphatic carbocycles. The van der Waals surface area contributed by atoms with E-state index in [4.69, 9.17) is 0 Å². The lowest BCUT2D eigenvalue weighted by molar-refractivity contribution is -0.117. The molecule has 1 aromatic heterocycles. The van der Waals surface area contributed by atoms with E-state index >= 15 is 0 Å². The summed E-state index contributed by atoms with van der Waals surface area (Å²) in [6, 6.07) is 18.2. The first-order valence-electron chi connectivity index (χ1n) is 10.3. The molecule has 0 fully saturated rings. The Bertz CT molecular complexity index is 990. The predicted octanol–water partition coefficient (Wildman–Crippen LogP) is 5.31. The van der Waals surface area contributed by atoms with Crippen LogP contribution in [0.4, 0.5) is 5.69 Å². The fourth-order valence-electron chi connectivity index (χ4n) is 3.29. The first-order chi connectivity index (χ1) is 14.2. The lowest BCUT2D eigenvalue weighted by Gasteiger charge is -2.24. The summed E-state index contributed by atoms with van der Waals surface area (Å²) in [4.78, 5) is 14.9. The molecule has 0 saturated carbocycles. The molecule has 1 heterocycles. The van der Waals surface area contributed by atoms with Gasteiger partial charge in [-0.2, -0.15) is 0 Å². The molecule has 1 amide bonds. The zero-order valence-corrected chi connectivity index (χ0v) is 19.4. The quantitative estimate of drug-likeness (QED) is 0.505. The van der Waals surface area contributed by atoms with Crippen LogP contribution in [0.5, 0.6) is 0 Å². The number of rotatable bonds is 6. The molecular formula is C24H30N4OS. The Morgan fingerprint density at radius 2 is 1.70 bits per heavy atom. The van der Waals surface area contributed by atoms with Crippen LogP contribution >= 0.6 is 11.8 Å². The van der Waals surface area contributed by atoms with E-state index in [2.05, 4.69) is 55.2 Å². The van der Waals surface area contributed by atoms with E-state index in [-0.39, 0.29) is 16.6 Å². The van der Waals surface area contributed by atoms with Gasteiger partial charge >= 0.3 is 0 Å². The minimum absolute atomic E-state index is 0.0628. The second kappa shape index (κ2) is 9.04. The molecule has 158 valence electrons. The smallest absolute Gasteiger partial charge is 0.240 e. The maximum atomic E-state index is 13.0. The van der Waals surface area contributed by atoms with Gasteiger partial charge in [-0.3, -0.25) is 4.79 Å². The zero-order valence-electron chi connectivity index (χ0n) is 18.6. The van der Waals surface area contributed by atoms with Crippen LogP contribution in [0.3, 0.4) is 0 Å². The van der Waals surface area contributed by atoms with Gasteiger partial charge in [-0.15, -0.1) is 10.2 Å². The van der Waals surface area contributed by atoms with E-state index < -0.39 is 0 Å². The lowest BCUT2D eigenvalue weighted by Crippen LogP contribution is -2.36. The standard InChI is InChI=1S/C24H30N4OS/c1-7-28(20-11-9-8-10-12-20)22(29)17(2)30-23-26-25-21(27(23)6)18-13-15-19(16-14-18)24(3,4)5/h8-17H,7H2,1-6H3/t17-/m1/s1. The van der Waals surface area contributed by atoms with Gasteiger partial charge in [0.15, 0.2) is 11.0 Å². The van der Waals surface area contributed by atoms with Gasteiger partial charge in [-0.25, -0.2) is 0 Å². The van der Waals surface area contributed by atoms with E-state index in [1.165, 1.54) is 17.3 Å². The third-order valence-electron chi connectivity index (χ3n) is 5.12. The highest BCUT2D eigenvalue weighted by Gasteiger charge is 2.24. The van der Waals surface area contributed by atoms with Gasteiger partial charge in [-0.1, -0.05) is 75.0 Å². The molecule has 2 aromatic carbocycles. The predicted molar refractivity (Wildman–Crippen MR) is 125 cm³/mol. The number of thioether (sulfide) groups is 1. The minimum atomic E-state index is -0.274. The summed E-state index contributed by atoms with van der Waals surface area (Å²) < 4.78 is 1.96. The third-order valence-corrected chi connectivity index (χ3v) is 6.25. The van der Waals surface area contributed by atoms with Crippen LogP contribution < -0.4 is 4.90 Å². The second-order valence-electron chi connectivity index (χ2n) is 8.37. The number of aromatic nitrogens is 3. The summed E-state index contributed by atoms with van der Waals surface area (Å²) in [5, 5.41) is 9.19. The molecule has 30 heavy (non-hydrogen) atoms. The normalized spacial score (nSPS) is 12.6. The van der Waals surface area contributed by atoms with Crippen molar-refractivity contribution >= 4 is 23.4 Å². The molecule has 0 spiro atoms. The summed E-state index contributed by atoms with van der Waals surface area (Å²) in [6.07, 6.45) is 0. The molecule has 3 aromatic rings. The van der Waals surface area contributed by atoms with Gasteiger partial charge in [0, 0.05) is 24.8 Å². The van der Waals surface area contributed by atoms with Crippen LogP contribution in [0.25, 0.3) is 11.4 Å². The Hall–Kier alpha value is -2.60. The first kappa shape index (κ1) is 22.1. The summed E-state index contributed by atoms with van der Waals surface area (Å²) in [6.45, 7) is 11.1. The molecule has 0 aliphatic heterocycles. The lowest BCUT2D eigenvalue weighted by atomic mass is 9.87. The number of hydrogen-bond acceptors (Lipinski definition) is 4. The zero-order chi connectivity index (χ0) is 21.9. The Morgan fingerprint density at radius 1 is 1.07 bits per heavy atom. The summed E-state index contributed by atoms with van der Waals surface area (Å²) in [5.74, 6) is 0.862. The first-order valence-corrected chi connectivity index (χ1v) is 11.1. The molecule has 6 heteroatoms. The fourth-order valence-corrected chi connectivity index (χ4v) is 4.17. The van der Waals surface area contributed by atoms with E-state index in [9.17, 15) is 4.79 Å². The highest BCUT2D eigenvalue weighted by Crippen LogP contribution is 2.29. The van der Waals surface area contributed by atoms with Gasteiger partial charge in [-0.05, 0) is 37.0 Å². The Morgan fingerprint density at radius 3 is 2.27 bits per heavy atom.